The summed E-state index contributed by atoms with van der Waals surface area (Å²) in [6.07, 6.45) is 6.98. The third kappa shape index (κ3) is 4.59. The van der Waals surface area contributed by atoms with Crippen LogP contribution in [-0.4, -0.2) is 43.4 Å². The van der Waals surface area contributed by atoms with Gasteiger partial charge in [0.15, 0.2) is 0 Å². The fraction of sp³-hybridized carbons (Fsp3) is 0.625. The second-order valence-corrected chi connectivity index (χ2v) is 6.01. The lowest BCUT2D eigenvalue weighted by Crippen LogP contribution is -2.46. The predicted molar refractivity (Wildman–Crippen MR) is 83.2 cm³/mol. The van der Waals surface area contributed by atoms with Crippen molar-refractivity contribution in [1.82, 2.24) is 15.5 Å². The zero-order valence-electron chi connectivity index (χ0n) is 13.3. The molecule has 1 aliphatic rings. The van der Waals surface area contributed by atoms with Crippen molar-refractivity contribution in [2.24, 2.45) is 0 Å². The van der Waals surface area contributed by atoms with Gasteiger partial charge in [-0.1, -0.05) is 19.3 Å². The summed E-state index contributed by atoms with van der Waals surface area (Å²) in [6, 6.07) is 3.71. The largest absolute Gasteiger partial charge is 0.468 e. The number of nitrogens with zero attached hydrogens (tertiary/aromatic N) is 1. The molecule has 0 aliphatic heterocycles. The summed E-state index contributed by atoms with van der Waals surface area (Å²) in [7, 11) is 3.81. The highest BCUT2D eigenvalue weighted by Gasteiger charge is 2.23. The summed E-state index contributed by atoms with van der Waals surface area (Å²) in [6.45, 7) is 0.331. The molecule has 6 heteroatoms. The van der Waals surface area contributed by atoms with Gasteiger partial charge in [0.05, 0.1) is 12.3 Å². The van der Waals surface area contributed by atoms with Crippen molar-refractivity contribution in [1.29, 1.82) is 0 Å². The highest BCUT2D eigenvalue weighted by atomic mass is 16.3. The van der Waals surface area contributed by atoms with Gasteiger partial charge in [0.2, 0.25) is 0 Å². The SMILES string of the molecule is CN(C)[C@@H](CNC(=O)C(=O)NC1CCCCC1)c1ccco1. The maximum Gasteiger partial charge on any atom is 0.309 e. The highest BCUT2D eigenvalue weighted by Crippen LogP contribution is 2.18. The van der Waals surface area contributed by atoms with Gasteiger partial charge in [0.1, 0.15) is 5.76 Å². The summed E-state index contributed by atoms with van der Waals surface area (Å²) >= 11 is 0. The molecule has 0 unspecified atom stereocenters. The molecule has 0 saturated heterocycles. The minimum atomic E-state index is -0.580. The molecule has 122 valence electrons. The number of furan rings is 1. The lowest BCUT2D eigenvalue weighted by Gasteiger charge is -2.24. The molecule has 2 N–H and O–H groups in total. The molecule has 1 fully saturated rings. The molecule has 1 aromatic rings. The molecule has 1 aromatic heterocycles. The number of hydrogen-bond acceptors (Lipinski definition) is 4. The van der Waals surface area contributed by atoms with Gasteiger partial charge in [-0.3, -0.25) is 14.5 Å². The van der Waals surface area contributed by atoms with Crippen LogP contribution in [0.4, 0.5) is 0 Å². The summed E-state index contributed by atoms with van der Waals surface area (Å²) in [5, 5.41) is 5.51. The minimum Gasteiger partial charge on any atom is -0.468 e. The fourth-order valence-corrected chi connectivity index (χ4v) is 2.79. The maximum atomic E-state index is 11.9. The quantitative estimate of drug-likeness (QED) is 0.807. The van der Waals surface area contributed by atoms with E-state index >= 15 is 0 Å². The third-order valence-electron chi connectivity index (χ3n) is 4.10. The van der Waals surface area contributed by atoms with Crippen molar-refractivity contribution in [2.45, 2.75) is 44.2 Å². The van der Waals surface area contributed by atoms with E-state index < -0.39 is 11.8 Å². The number of likely N-dealkylation sites (N-methyl/N-ethyl adjacent to an activating group) is 1. The van der Waals surface area contributed by atoms with E-state index in [1.165, 1.54) is 6.42 Å². The molecular formula is C16H25N3O3. The van der Waals surface area contributed by atoms with Crippen molar-refractivity contribution in [2.75, 3.05) is 20.6 Å². The van der Waals surface area contributed by atoms with E-state index in [0.717, 1.165) is 31.4 Å². The average molecular weight is 307 g/mol. The molecular weight excluding hydrogens is 282 g/mol. The van der Waals surface area contributed by atoms with E-state index in [9.17, 15) is 9.59 Å². The first kappa shape index (κ1) is 16.5. The van der Waals surface area contributed by atoms with Crippen LogP contribution >= 0.6 is 0 Å². The lowest BCUT2D eigenvalue weighted by molar-refractivity contribution is -0.139. The van der Waals surface area contributed by atoms with Crippen LogP contribution in [0.1, 0.15) is 43.9 Å². The van der Waals surface area contributed by atoms with Crippen LogP contribution < -0.4 is 10.6 Å². The molecule has 6 nitrogen and oxygen atoms in total. The number of amides is 2. The van der Waals surface area contributed by atoms with Gasteiger partial charge < -0.3 is 15.1 Å². The Balaban J connectivity index is 1.81. The lowest BCUT2D eigenvalue weighted by atomic mass is 9.95. The number of carbonyl (C=O) groups is 2. The van der Waals surface area contributed by atoms with Gasteiger partial charge in [-0.25, -0.2) is 0 Å². The van der Waals surface area contributed by atoms with Crippen LogP contribution in [0.25, 0.3) is 0 Å². The third-order valence-corrected chi connectivity index (χ3v) is 4.10. The Morgan fingerprint density at radius 3 is 2.59 bits per heavy atom. The van der Waals surface area contributed by atoms with Crippen LogP contribution in [-0.2, 0) is 9.59 Å². The molecule has 2 rings (SSSR count). The summed E-state index contributed by atoms with van der Waals surface area (Å²) in [4.78, 5) is 25.8. The summed E-state index contributed by atoms with van der Waals surface area (Å²) in [5.74, 6) is -0.356. The van der Waals surface area contributed by atoms with E-state index in [2.05, 4.69) is 10.6 Å². The topological polar surface area (TPSA) is 74.6 Å². The predicted octanol–water partition coefficient (Wildman–Crippen LogP) is 1.45. The fourth-order valence-electron chi connectivity index (χ4n) is 2.79. The Morgan fingerprint density at radius 2 is 2.00 bits per heavy atom. The van der Waals surface area contributed by atoms with Crippen LogP contribution in [0.5, 0.6) is 0 Å². The molecule has 22 heavy (non-hydrogen) atoms. The molecule has 0 bridgehead atoms. The van der Waals surface area contributed by atoms with E-state index in [0.29, 0.717) is 6.54 Å². The van der Waals surface area contributed by atoms with Gasteiger partial charge in [0, 0.05) is 12.6 Å². The van der Waals surface area contributed by atoms with E-state index in [1.54, 1.807) is 6.26 Å². The van der Waals surface area contributed by atoms with E-state index in [4.69, 9.17) is 4.42 Å². The van der Waals surface area contributed by atoms with Crippen LogP contribution in [0.3, 0.4) is 0 Å². The smallest absolute Gasteiger partial charge is 0.309 e. The normalized spacial score (nSPS) is 17.2. The van der Waals surface area contributed by atoms with Gasteiger partial charge in [0.25, 0.3) is 0 Å². The molecule has 1 aliphatic carbocycles. The highest BCUT2D eigenvalue weighted by molar-refractivity contribution is 6.35. The second kappa shape index (κ2) is 7.98. The Kier molecular flexibility index (Phi) is 6.00. The monoisotopic (exact) mass is 307 g/mol. The van der Waals surface area contributed by atoms with Gasteiger partial charge in [-0.2, -0.15) is 0 Å². The summed E-state index contributed by atoms with van der Waals surface area (Å²) in [5.41, 5.74) is 0. The maximum absolute atomic E-state index is 11.9. The molecule has 0 spiro atoms. The van der Waals surface area contributed by atoms with Gasteiger partial charge >= 0.3 is 11.8 Å². The van der Waals surface area contributed by atoms with Crippen LogP contribution in [0.2, 0.25) is 0 Å². The first-order valence-corrected chi connectivity index (χ1v) is 7.86. The first-order valence-electron chi connectivity index (χ1n) is 7.86. The Hall–Kier alpha value is -1.82. The van der Waals surface area contributed by atoms with E-state index in [-0.39, 0.29) is 12.1 Å². The first-order chi connectivity index (χ1) is 10.6. The molecule has 2 amide bonds. The summed E-state index contributed by atoms with van der Waals surface area (Å²) < 4.78 is 5.38. The number of nitrogens with one attached hydrogen (secondary N) is 2. The average Bonchev–Trinajstić information content (AvgIpc) is 3.02. The van der Waals surface area contributed by atoms with Crippen molar-refractivity contribution in [3.05, 3.63) is 24.2 Å². The molecule has 0 aromatic carbocycles. The van der Waals surface area contributed by atoms with Gasteiger partial charge in [-0.15, -0.1) is 0 Å². The van der Waals surface area contributed by atoms with E-state index in [1.807, 2.05) is 31.1 Å². The van der Waals surface area contributed by atoms with Crippen molar-refractivity contribution in [3.63, 3.8) is 0 Å². The molecule has 1 atom stereocenters. The standard InChI is InChI=1S/C16H25N3O3/c1-19(2)13(14-9-6-10-22-14)11-17-15(20)16(21)18-12-7-4-3-5-8-12/h6,9-10,12-13H,3-5,7-8,11H2,1-2H3,(H,17,20)(H,18,21)/t13-/m0/s1. The van der Waals surface area contributed by atoms with Crippen molar-refractivity contribution >= 4 is 11.8 Å². The number of rotatable bonds is 5. The Bertz CT molecular complexity index is 479. The number of carbonyl (C=O) groups excluding carboxylic acids is 2. The molecule has 0 radical (unpaired) electrons. The number of hydrogen-bond donors (Lipinski definition) is 2. The van der Waals surface area contributed by atoms with Crippen LogP contribution in [0.15, 0.2) is 22.8 Å². The second-order valence-electron chi connectivity index (χ2n) is 6.01. The zero-order chi connectivity index (χ0) is 15.9. The van der Waals surface area contributed by atoms with Crippen LogP contribution in [0, 0.1) is 0 Å². The molecule has 1 heterocycles. The van der Waals surface area contributed by atoms with Gasteiger partial charge in [-0.05, 0) is 39.1 Å². The minimum absolute atomic E-state index is 0.0959. The Morgan fingerprint density at radius 1 is 1.27 bits per heavy atom. The van der Waals surface area contributed by atoms with Crippen molar-refractivity contribution in [3.8, 4) is 0 Å². The molecule has 1 saturated carbocycles. The Labute approximate surface area is 131 Å². The zero-order valence-corrected chi connectivity index (χ0v) is 13.3. The van der Waals surface area contributed by atoms with Crippen molar-refractivity contribution < 1.29 is 14.0 Å².